The quantitative estimate of drug-likeness (QED) is 0.445. The largest absolute Gasteiger partial charge is 0.338 e. The molecule has 0 radical (unpaired) electrons. The second kappa shape index (κ2) is 7.58. The van der Waals surface area contributed by atoms with Crippen molar-refractivity contribution in [2.24, 2.45) is 11.8 Å². The van der Waals surface area contributed by atoms with Gasteiger partial charge >= 0.3 is 0 Å². The van der Waals surface area contributed by atoms with E-state index in [-0.39, 0.29) is 0 Å². The molecule has 1 N–H and O–H groups in total. The van der Waals surface area contributed by atoms with Crippen LogP contribution >= 0.6 is 17.9 Å². The Hall–Kier alpha value is 0.620. The van der Waals surface area contributed by atoms with E-state index in [1.54, 1.807) is 0 Å². The molecule has 0 aromatic heterocycles. The first-order valence-corrected chi connectivity index (χ1v) is 10.6. The molecule has 112 valence electrons. The molecular weight excluding hydrogens is 297 g/mol. The third kappa shape index (κ3) is 6.28. The minimum Gasteiger partial charge on any atom is -0.338 e. The molecule has 0 heterocycles. The van der Waals surface area contributed by atoms with Crippen LogP contribution in [0, 0.1) is 11.8 Å². The van der Waals surface area contributed by atoms with Crippen LogP contribution in [-0.4, -0.2) is 36.0 Å². The lowest BCUT2D eigenvalue weighted by Crippen LogP contribution is -2.43. The van der Waals surface area contributed by atoms with Crippen molar-refractivity contribution in [2.45, 2.75) is 39.2 Å². The highest BCUT2D eigenvalue weighted by Gasteiger charge is 2.31. The van der Waals surface area contributed by atoms with Gasteiger partial charge in [-0.3, -0.25) is 0 Å². The Morgan fingerprint density at radius 1 is 1.58 bits per heavy atom. The van der Waals surface area contributed by atoms with Gasteiger partial charge in [0.1, 0.15) is 0 Å². The van der Waals surface area contributed by atoms with E-state index < -0.39 is 5.69 Å². The third-order valence-electron chi connectivity index (χ3n) is 3.98. The molecule has 0 spiro atoms. The molecule has 3 nitrogen and oxygen atoms in total. The van der Waals surface area contributed by atoms with Crippen molar-refractivity contribution in [3.8, 4) is 0 Å². The van der Waals surface area contributed by atoms with Crippen LogP contribution in [0.3, 0.4) is 0 Å². The molecule has 0 aromatic rings. The molecule has 19 heavy (non-hydrogen) atoms. The lowest BCUT2D eigenvalue weighted by atomic mass is 9.75. The lowest BCUT2D eigenvalue weighted by molar-refractivity contribution is 0.107. The van der Waals surface area contributed by atoms with E-state index in [1.165, 1.54) is 24.8 Å². The summed E-state index contributed by atoms with van der Waals surface area (Å²) in [7, 11) is 2.11. The molecule has 1 rings (SSSR count). The smallest absolute Gasteiger partial charge is 0.241 e. The number of thiol groups is 1. The molecule has 1 saturated carbocycles. The van der Waals surface area contributed by atoms with Crippen molar-refractivity contribution in [1.82, 2.24) is 4.90 Å². The number of nitrogens with zero attached hydrogens (tertiary/aromatic N) is 1. The second-order valence-corrected chi connectivity index (χ2v) is 10.9. The second-order valence-electron chi connectivity index (χ2n) is 5.74. The average Bonchev–Trinajstić information content (AvgIpc) is 2.26. The van der Waals surface area contributed by atoms with Gasteiger partial charge in [-0.2, -0.15) is 0 Å². The van der Waals surface area contributed by atoms with Gasteiger partial charge in [-0.1, -0.05) is 37.7 Å². The summed E-state index contributed by atoms with van der Waals surface area (Å²) in [6.45, 7) is 9.77. The van der Waals surface area contributed by atoms with Crippen LogP contribution in [0.5, 0.6) is 0 Å². The zero-order valence-electron chi connectivity index (χ0n) is 12.1. The standard InChI is InChI=1S/C13H26NO2PS2/c1-10(2)12-6-5-11(3)9-13(12)14(4)7-8-16-17(15,18)19/h11-13H,1,5-9H2,2-4H3,(H2,15,18,19). The maximum Gasteiger partial charge on any atom is 0.241 e. The van der Waals surface area contributed by atoms with Crippen LogP contribution in [0.15, 0.2) is 12.2 Å². The Morgan fingerprint density at radius 3 is 2.74 bits per heavy atom. The van der Waals surface area contributed by atoms with Gasteiger partial charge in [0.2, 0.25) is 5.69 Å². The zero-order chi connectivity index (χ0) is 14.6. The molecule has 4 unspecified atom stereocenters. The molecule has 6 heteroatoms. The van der Waals surface area contributed by atoms with Crippen molar-refractivity contribution in [3.63, 3.8) is 0 Å². The van der Waals surface area contributed by atoms with Crippen molar-refractivity contribution in [1.29, 1.82) is 0 Å². The van der Waals surface area contributed by atoms with E-state index in [0.29, 0.717) is 18.6 Å². The Balaban J connectivity index is 2.53. The first kappa shape index (κ1) is 17.7. The first-order valence-electron chi connectivity index (χ1n) is 6.76. The average molecular weight is 323 g/mol. The third-order valence-corrected chi connectivity index (χ3v) is 5.16. The Bertz CT molecular complexity index is 359. The minimum atomic E-state index is -2.82. The summed E-state index contributed by atoms with van der Waals surface area (Å²) in [5.74, 6) is 1.33. The van der Waals surface area contributed by atoms with Gasteiger partial charge in [0.25, 0.3) is 0 Å². The van der Waals surface area contributed by atoms with E-state index in [4.69, 9.17) is 16.3 Å². The van der Waals surface area contributed by atoms with Crippen LogP contribution in [0.25, 0.3) is 0 Å². The van der Waals surface area contributed by atoms with Crippen LogP contribution in [0.2, 0.25) is 0 Å². The van der Waals surface area contributed by atoms with Gasteiger partial charge in [0.05, 0.1) is 6.61 Å². The van der Waals surface area contributed by atoms with Gasteiger partial charge in [0.15, 0.2) is 0 Å². The van der Waals surface area contributed by atoms with Crippen LogP contribution in [0.1, 0.15) is 33.1 Å². The highest BCUT2D eigenvalue weighted by atomic mass is 32.9. The van der Waals surface area contributed by atoms with Crippen molar-refractivity contribution in [2.75, 3.05) is 20.2 Å². The van der Waals surface area contributed by atoms with Crippen molar-refractivity contribution < 1.29 is 9.42 Å². The maximum atomic E-state index is 9.36. The fourth-order valence-electron chi connectivity index (χ4n) is 2.88. The predicted octanol–water partition coefficient (Wildman–Crippen LogP) is 3.46. The van der Waals surface area contributed by atoms with E-state index in [9.17, 15) is 4.89 Å². The van der Waals surface area contributed by atoms with Crippen molar-refractivity contribution >= 4 is 29.7 Å². The normalized spacial score (nSPS) is 31.2. The topological polar surface area (TPSA) is 32.7 Å². The Kier molecular flexibility index (Phi) is 7.05. The van der Waals surface area contributed by atoms with Crippen LogP contribution in [-0.2, 0) is 16.3 Å². The molecule has 1 aliphatic carbocycles. The van der Waals surface area contributed by atoms with Crippen LogP contribution < -0.4 is 0 Å². The van der Waals surface area contributed by atoms with E-state index in [0.717, 1.165) is 12.5 Å². The number of hydrogen-bond acceptors (Lipinski definition) is 3. The van der Waals surface area contributed by atoms with E-state index >= 15 is 0 Å². The number of rotatable bonds is 6. The first-order chi connectivity index (χ1) is 8.70. The zero-order valence-corrected chi connectivity index (χ0v) is 14.7. The van der Waals surface area contributed by atoms with E-state index in [2.05, 4.69) is 44.6 Å². The monoisotopic (exact) mass is 323 g/mol. The summed E-state index contributed by atoms with van der Waals surface area (Å²) in [5, 5.41) is 0. The summed E-state index contributed by atoms with van der Waals surface area (Å²) in [6, 6.07) is 0.515. The van der Waals surface area contributed by atoms with Gasteiger partial charge in [-0.15, -0.1) is 0 Å². The molecule has 0 aromatic carbocycles. The summed E-state index contributed by atoms with van der Waals surface area (Å²) in [5.41, 5.74) is -1.56. The van der Waals surface area contributed by atoms with Gasteiger partial charge in [0, 0.05) is 12.6 Å². The highest BCUT2D eigenvalue weighted by Crippen LogP contribution is 2.47. The molecule has 1 aliphatic rings. The summed E-state index contributed by atoms with van der Waals surface area (Å²) < 4.78 is 5.19. The van der Waals surface area contributed by atoms with Gasteiger partial charge in [-0.25, -0.2) is 0 Å². The Morgan fingerprint density at radius 2 is 2.21 bits per heavy atom. The summed E-state index contributed by atoms with van der Waals surface area (Å²) in [4.78, 5) is 11.7. The number of hydrogen-bond donors (Lipinski definition) is 2. The van der Waals surface area contributed by atoms with Gasteiger partial charge < -0.3 is 14.3 Å². The lowest BCUT2D eigenvalue weighted by Gasteiger charge is -2.41. The molecule has 4 atom stereocenters. The molecular formula is C13H26NO2PS2. The SMILES string of the molecule is C=C(C)C1CCC(C)CC1N(C)CCOP(O)(=S)S. The van der Waals surface area contributed by atoms with Crippen LogP contribution in [0.4, 0.5) is 0 Å². The molecule has 0 saturated heterocycles. The fraction of sp³-hybridized carbons (Fsp3) is 0.846. The molecule has 0 amide bonds. The fourth-order valence-corrected chi connectivity index (χ4v) is 3.67. The molecule has 1 fully saturated rings. The van der Waals surface area contributed by atoms with Gasteiger partial charge in [-0.05, 0) is 50.5 Å². The maximum absolute atomic E-state index is 9.36. The molecule has 0 bridgehead atoms. The van der Waals surface area contributed by atoms with E-state index in [1.807, 2.05) is 0 Å². The highest BCUT2D eigenvalue weighted by molar-refractivity contribution is 8.59. The van der Waals surface area contributed by atoms with Crippen molar-refractivity contribution in [3.05, 3.63) is 12.2 Å². The molecule has 0 aliphatic heterocycles. The summed E-state index contributed by atoms with van der Waals surface area (Å²) >= 11 is 8.63. The predicted molar refractivity (Wildman–Crippen MR) is 89.2 cm³/mol. The Labute approximate surface area is 127 Å². The number of likely N-dealkylation sites (N-methyl/N-ethyl adjacent to an activating group) is 1. The minimum absolute atomic E-state index is 0.432. The summed E-state index contributed by atoms with van der Waals surface area (Å²) in [6.07, 6.45) is 3.70.